The van der Waals surface area contributed by atoms with Crippen molar-refractivity contribution in [1.29, 1.82) is 0 Å². The minimum absolute atomic E-state index is 0.111. The summed E-state index contributed by atoms with van der Waals surface area (Å²) in [4.78, 5) is 21.5. The Hall–Kier alpha value is -1.62. The predicted octanol–water partition coefficient (Wildman–Crippen LogP) is 1.74. The fourth-order valence-corrected chi connectivity index (χ4v) is 3.63. The van der Waals surface area contributed by atoms with E-state index in [-0.39, 0.29) is 11.9 Å². The molecule has 0 saturated carbocycles. The molecule has 3 rings (SSSR count). The second kappa shape index (κ2) is 6.24. The number of aromatic nitrogens is 1. The molecule has 1 aromatic rings. The molecule has 1 amide bonds. The second-order valence-electron chi connectivity index (χ2n) is 6.89. The van der Waals surface area contributed by atoms with Crippen molar-refractivity contribution < 1.29 is 4.79 Å². The number of rotatable bonds is 3. The van der Waals surface area contributed by atoms with Gasteiger partial charge in [0.15, 0.2) is 0 Å². The molecule has 0 bridgehead atoms. The van der Waals surface area contributed by atoms with Gasteiger partial charge in [-0.15, -0.1) is 0 Å². The molecule has 1 aromatic heterocycles. The lowest BCUT2D eigenvalue weighted by atomic mass is 10.1. The van der Waals surface area contributed by atoms with Gasteiger partial charge in [0.2, 0.25) is 0 Å². The first-order chi connectivity index (χ1) is 10.6. The van der Waals surface area contributed by atoms with E-state index in [1.54, 1.807) is 6.20 Å². The summed E-state index contributed by atoms with van der Waals surface area (Å²) in [5, 5.41) is 0. The first-order valence-electron chi connectivity index (χ1n) is 8.30. The third-order valence-corrected chi connectivity index (χ3v) is 5.00. The van der Waals surface area contributed by atoms with E-state index in [9.17, 15) is 4.79 Å². The van der Waals surface area contributed by atoms with Gasteiger partial charge in [-0.25, -0.2) is 4.98 Å². The number of amides is 1. The molecule has 5 heteroatoms. The standard InChI is InChI=1S/C17H26N4O/c1-12-4-6-20(10-12)16-8-15(3-5-19-16)17(22)21-11-14(9-18)7-13(21)2/h3,5,8,12-14H,4,6-7,9-11,18H2,1-2H3. The summed E-state index contributed by atoms with van der Waals surface area (Å²) in [6.45, 7) is 7.85. The van der Waals surface area contributed by atoms with Crippen LogP contribution >= 0.6 is 0 Å². The summed E-state index contributed by atoms with van der Waals surface area (Å²) < 4.78 is 0. The maximum atomic E-state index is 12.8. The van der Waals surface area contributed by atoms with E-state index < -0.39 is 0 Å². The van der Waals surface area contributed by atoms with Crippen LogP contribution in [0.1, 0.15) is 37.0 Å². The smallest absolute Gasteiger partial charge is 0.254 e. The van der Waals surface area contributed by atoms with E-state index in [4.69, 9.17) is 5.73 Å². The van der Waals surface area contributed by atoms with Crippen LogP contribution in [0, 0.1) is 11.8 Å². The van der Waals surface area contributed by atoms with Crippen molar-refractivity contribution in [3.63, 3.8) is 0 Å². The number of carbonyl (C=O) groups excluding carboxylic acids is 1. The molecule has 3 atom stereocenters. The molecule has 2 aliphatic heterocycles. The zero-order chi connectivity index (χ0) is 15.7. The minimum Gasteiger partial charge on any atom is -0.356 e. The fourth-order valence-electron chi connectivity index (χ4n) is 3.63. The number of hydrogen-bond acceptors (Lipinski definition) is 4. The van der Waals surface area contributed by atoms with Crippen LogP contribution in [-0.2, 0) is 0 Å². The summed E-state index contributed by atoms with van der Waals surface area (Å²) in [5.74, 6) is 2.17. The van der Waals surface area contributed by atoms with Gasteiger partial charge in [0.05, 0.1) is 0 Å². The zero-order valence-electron chi connectivity index (χ0n) is 13.5. The highest BCUT2D eigenvalue weighted by atomic mass is 16.2. The molecule has 0 aliphatic carbocycles. The highest BCUT2D eigenvalue weighted by molar-refractivity contribution is 5.95. The van der Waals surface area contributed by atoms with Crippen molar-refractivity contribution in [2.75, 3.05) is 31.1 Å². The van der Waals surface area contributed by atoms with Crippen molar-refractivity contribution in [2.45, 2.75) is 32.7 Å². The van der Waals surface area contributed by atoms with Gasteiger partial charge < -0.3 is 15.5 Å². The predicted molar refractivity (Wildman–Crippen MR) is 87.9 cm³/mol. The van der Waals surface area contributed by atoms with Gasteiger partial charge in [0, 0.05) is 37.4 Å². The summed E-state index contributed by atoms with van der Waals surface area (Å²) >= 11 is 0. The van der Waals surface area contributed by atoms with Crippen LogP contribution in [0.4, 0.5) is 5.82 Å². The maximum absolute atomic E-state index is 12.8. The molecule has 2 aliphatic rings. The highest BCUT2D eigenvalue weighted by Gasteiger charge is 2.32. The number of pyridine rings is 1. The van der Waals surface area contributed by atoms with Gasteiger partial charge in [-0.1, -0.05) is 6.92 Å². The number of carbonyl (C=O) groups is 1. The van der Waals surface area contributed by atoms with Crippen molar-refractivity contribution >= 4 is 11.7 Å². The van der Waals surface area contributed by atoms with Crippen LogP contribution in [0.25, 0.3) is 0 Å². The summed E-state index contributed by atoms with van der Waals surface area (Å²) in [7, 11) is 0. The van der Waals surface area contributed by atoms with Crippen LogP contribution in [-0.4, -0.2) is 48.0 Å². The SMILES string of the molecule is CC1CCN(c2cc(C(=O)N3CC(CN)CC3C)ccn2)C1. The Labute approximate surface area is 132 Å². The monoisotopic (exact) mass is 302 g/mol. The largest absolute Gasteiger partial charge is 0.356 e. The van der Waals surface area contributed by atoms with Gasteiger partial charge in [-0.05, 0) is 50.3 Å². The summed E-state index contributed by atoms with van der Waals surface area (Å²) in [6.07, 6.45) is 3.96. The second-order valence-corrected chi connectivity index (χ2v) is 6.89. The third kappa shape index (κ3) is 2.95. The Balaban J connectivity index is 1.76. The maximum Gasteiger partial charge on any atom is 0.254 e. The Morgan fingerprint density at radius 2 is 2.23 bits per heavy atom. The van der Waals surface area contributed by atoms with Crippen LogP contribution in [0.2, 0.25) is 0 Å². The molecular weight excluding hydrogens is 276 g/mol. The van der Waals surface area contributed by atoms with Crippen molar-refractivity contribution in [1.82, 2.24) is 9.88 Å². The molecule has 5 nitrogen and oxygen atoms in total. The summed E-state index contributed by atoms with van der Waals surface area (Å²) in [6, 6.07) is 4.04. The molecule has 22 heavy (non-hydrogen) atoms. The minimum atomic E-state index is 0.111. The van der Waals surface area contributed by atoms with Crippen molar-refractivity contribution in [2.24, 2.45) is 17.6 Å². The molecule has 120 valence electrons. The number of nitrogens with zero attached hydrogens (tertiary/aromatic N) is 3. The van der Waals surface area contributed by atoms with E-state index in [1.807, 2.05) is 17.0 Å². The molecule has 0 spiro atoms. The Morgan fingerprint density at radius 1 is 1.41 bits per heavy atom. The quantitative estimate of drug-likeness (QED) is 0.924. The van der Waals surface area contributed by atoms with E-state index in [1.165, 1.54) is 6.42 Å². The number of nitrogens with two attached hydrogens (primary N) is 1. The van der Waals surface area contributed by atoms with E-state index >= 15 is 0 Å². The number of anilines is 1. The molecule has 2 fully saturated rings. The van der Waals surface area contributed by atoms with E-state index in [2.05, 4.69) is 23.7 Å². The van der Waals surface area contributed by atoms with Gasteiger partial charge >= 0.3 is 0 Å². The van der Waals surface area contributed by atoms with Crippen LogP contribution in [0.5, 0.6) is 0 Å². The molecule has 2 N–H and O–H groups in total. The van der Waals surface area contributed by atoms with Crippen LogP contribution in [0.3, 0.4) is 0 Å². The Morgan fingerprint density at radius 3 is 2.86 bits per heavy atom. The number of likely N-dealkylation sites (tertiary alicyclic amines) is 1. The fraction of sp³-hybridized carbons (Fsp3) is 0.647. The lowest BCUT2D eigenvalue weighted by Gasteiger charge is -2.23. The van der Waals surface area contributed by atoms with Gasteiger partial charge in [0.25, 0.3) is 5.91 Å². The molecule has 0 aromatic carbocycles. The first-order valence-corrected chi connectivity index (χ1v) is 8.30. The summed E-state index contributed by atoms with van der Waals surface area (Å²) in [5.41, 5.74) is 6.51. The number of hydrogen-bond donors (Lipinski definition) is 1. The normalized spacial score (nSPS) is 28.4. The average Bonchev–Trinajstić information content (AvgIpc) is 3.12. The van der Waals surface area contributed by atoms with Gasteiger partial charge in [0.1, 0.15) is 5.82 Å². The zero-order valence-corrected chi connectivity index (χ0v) is 13.5. The lowest BCUT2D eigenvalue weighted by molar-refractivity contribution is 0.0743. The molecular formula is C17H26N4O. The van der Waals surface area contributed by atoms with E-state index in [0.29, 0.717) is 18.4 Å². The Bertz CT molecular complexity index is 547. The molecule has 3 heterocycles. The van der Waals surface area contributed by atoms with Gasteiger partial charge in [-0.3, -0.25) is 4.79 Å². The third-order valence-electron chi connectivity index (χ3n) is 5.00. The molecule has 0 radical (unpaired) electrons. The van der Waals surface area contributed by atoms with Crippen LogP contribution in [0.15, 0.2) is 18.3 Å². The van der Waals surface area contributed by atoms with E-state index in [0.717, 1.165) is 37.4 Å². The Kier molecular flexibility index (Phi) is 4.34. The van der Waals surface area contributed by atoms with Crippen LogP contribution < -0.4 is 10.6 Å². The molecule has 2 saturated heterocycles. The highest BCUT2D eigenvalue weighted by Crippen LogP contribution is 2.26. The topological polar surface area (TPSA) is 62.5 Å². The lowest BCUT2D eigenvalue weighted by Crippen LogP contribution is -2.34. The van der Waals surface area contributed by atoms with Gasteiger partial charge in [-0.2, -0.15) is 0 Å². The average molecular weight is 302 g/mol. The molecule has 3 unspecified atom stereocenters. The van der Waals surface area contributed by atoms with Crippen molar-refractivity contribution in [3.8, 4) is 0 Å². The first kappa shape index (κ1) is 15.3. The van der Waals surface area contributed by atoms with Crippen molar-refractivity contribution in [3.05, 3.63) is 23.9 Å².